The molecule has 100 valence electrons. The third kappa shape index (κ3) is 2.85. The lowest BCUT2D eigenvalue weighted by Gasteiger charge is -2.21. The van der Waals surface area contributed by atoms with Crippen molar-refractivity contribution in [3.8, 4) is 0 Å². The number of thioether (sulfide) groups is 1. The summed E-state index contributed by atoms with van der Waals surface area (Å²) in [5, 5.41) is 14.2. The van der Waals surface area contributed by atoms with Gasteiger partial charge in [-0.1, -0.05) is 0 Å². The zero-order valence-electron chi connectivity index (χ0n) is 9.42. The number of rotatable bonds is 4. The third-order valence-corrected chi connectivity index (χ3v) is 5.29. The van der Waals surface area contributed by atoms with Crippen molar-refractivity contribution >= 4 is 27.8 Å². The molecule has 0 amide bonds. The van der Waals surface area contributed by atoms with E-state index in [0.29, 0.717) is 5.75 Å². The van der Waals surface area contributed by atoms with Gasteiger partial charge in [-0.3, -0.25) is 5.10 Å². The molecule has 18 heavy (non-hydrogen) atoms. The molecule has 9 heteroatoms. The summed E-state index contributed by atoms with van der Waals surface area (Å²) in [7, 11) is -3.85. The average Bonchev–Trinajstić information content (AvgIpc) is 2.79. The summed E-state index contributed by atoms with van der Waals surface area (Å²) >= 11 is 1.68. The maximum Gasteiger partial charge on any atom is 0.340 e. The highest BCUT2D eigenvalue weighted by Crippen LogP contribution is 2.19. The second-order valence-corrected chi connectivity index (χ2v) is 6.75. The molecule has 1 fully saturated rings. The Morgan fingerprint density at radius 3 is 3.00 bits per heavy atom. The van der Waals surface area contributed by atoms with Gasteiger partial charge in [0.25, 0.3) is 10.0 Å². The molecule has 1 aromatic heterocycles. The lowest BCUT2D eigenvalue weighted by Crippen LogP contribution is -2.38. The number of H-pyrrole nitrogens is 1. The summed E-state index contributed by atoms with van der Waals surface area (Å²) in [6, 6.07) is -0.154. The Morgan fingerprint density at radius 2 is 2.39 bits per heavy atom. The Kier molecular flexibility index (Phi) is 3.93. The van der Waals surface area contributed by atoms with E-state index in [1.807, 2.05) is 0 Å². The van der Waals surface area contributed by atoms with Crippen LogP contribution in [0.25, 0.3) is 0 Å². The van der Waals surface area contributed by atoms with Gasteiger partial charge in [0.15, 0.2) is 5.03 Å². The maximum absolute atomic E-state index is 12.0. The molecular weight excluding hydrogens is 278 g/mol. The summed E-state index contributed by atoms with van der Waals surface area (Å²) < 4.78 is 26.6. The first-order chi connectivity index (χ1) is 8.50. The molecule has 0 spiro atoms. The third-order valence-electron chi connectivity index (χ3n) is 2.59. The van der Waals surface area contributed by atoms with Crippen LogP contribution in [0.3, 0.4) is 0 Å². The van der Waals surface area contributed by atoms with Crippen LogP contribution in [0.4, 0.5) is 0 Å². The van der Waals surface area contributed by atoms with Crippen LogP contribution in [0.2, 0.25) is 0 Å². The van der Waals surface area contributed by atoms with Crippen molar-refractivity contribution in [3.63, 3.8) is 0 Å². The largest absolute Gasteiger partial charge is 0.478 e. The Bertz CT molecular complexity index is 534. The van der Waals surface area contributed by atoms with Crippen LogP contribution in [-0.2, 0) is 10.0 Å². The number of sulfonamides is 1. The van der Waals surface area contributed by atoms with Gasteiger partial charge >= 0.3 is 5.97 Å². The predicted octanol–water partition coefficient (Wildman–Crippen LogP) is 0.282. The number of aromatic nitrogens is 2. The second-order valence-electron chi connectivity index (χ2n) is 3.95. The van der Waals surface area contributed by atoms with Crippen LogP contribution in [0.15, 0.2) is 11.2 Å². The number of carbonyl (C=O) groups is 1. The van der Waals surface area contributed by atoms with Gasteiger partial charge in [-0.2, -0.15) is 16.9 Å². The summed E-state index contributed by atoms with van der Waals surface area (Å²) in [6.07, 6.45) is 2.71. The number of carboxylic acid groups (broad SMARTS) is 1. The van der Waals surface area contributed by atoms with Gasteiger partial charge in [-0.25, -0.2) is 17.9 Å². The van der Waals surface area contributed by atoms with Crippen LogP contribution in [-0.4, -0.2) is 47.2 Å². The molecule has 1 aliphatic rings. The van der Waals surface area contributed by atoms with E-state index in [1.165, 1.54) is 0 Å². The second kappa shape index (κ2) is 5.29. The van der Waals surface area contributed by atoms with E-state index in [4.69, 9.17) is 5.11 Å². The molecule has 1 aliphatic heterocycles. The van der Waals surface area contributed by atoms with Gasteiger partial charge in [-0.05, 0) is 18.6 Å². The Balaban J connectivity index is 2.19. The lowest BCUT2D eigenvalue weighted by molar-refractivity contribution is 0.0692. The van der Waals surface area contributed by atoms with Gasteiger partial charge < -0.3 is 5.11 Å². The topological polar surface area (TPSA) is 112 Å². The highest BCUT2D eigenvalue weighted by Gasteiger charge is 2.28. The standard InChI is InChI=1S/C9H13N3O4S2/c13-9(14)7-4-10-11-8(7)18(15,16)12-6-2-1-3-17-5-6/h4,6,12H,1-3,5H2,(H,10,11)(H,13,14). The monoisotopic (exact) mass is 291 g/mol. The van der Waals surface area contributed by atoms with Gasteiger partial charge in [0.2, 0.25) is 0 Å². The highest BCUT2D eigenvalue weighted by atomic mass is 32.2. The molecule has 3 N–H and O–H groups in total. The van der Waals surface area contributed by atoms with Crippen molar-refractivity contribution in [1.82, 2.24) is 14.9 Å². The van der Waals surface area contributed by atoms with Crippen LogP contribution in [0, 0.1) is 0 Å². The Hall–Kier alpha value is -1.06. The minimum absolute atomic E-state index is 0.154. The van der Waals surface area contributed by atoms with E-state index in [2.05, 4.69) is 14.9 Å². The minimum atomic E-state index is -3.85. The molecule has 0 saturated carbocycles. The first-order valence-electron chi connectivity index (χ1n) is 5.37. The molecule has 0 aliphatic carbocycles. The van der Waals surface area contributed by atoms with E-state index >= 15 is 0 Å². The molecule has 0 radical (unpaired) electrons. The molecule has 2 heterocycles. The Labute approximate surface area is 108 Å². The van der Waals surface area contributed by atoms with E-state index in [0.717, 1.165) is 24.8 Å². The van der Waals surface area contributed by atoms with Gasteiger partial charge in [0.05, 0.1) is 6.20 Å². The highest BCUT2D eigenvalue weighted by molar-refractivity contribution is 7.99. The number of aromatic carboxylic acids is 1. The van der Waals surface area contributed by atoms with E-state index in [-0.39, 0.29) is 16.6 Å². The van der Waals surface area contributed by atoms with Crippen molar-refractivity contribution in [2.45, 2.75) is 23.9 Å². The van der Waals surface area contributed by atoms with Crippen molar-refractivity contribution in [3.05, 3.63) is 11.8 Å². The average molecular weight is 291 g/mol. The zero-order chi connectivity index (χ0) is 13.2. The zero-order valence-corrected chi connectivity index (χ0v) is 11.1. The fourth-order valence-corrected chi connectivity index (χ4v) is 4.28. The normalized spacial score (nSPS) is 20.8. The number of carboxylic acids is 1. The van der Waals surface area contributed by atoms with E-state index in [9.17, 15) is 13.2 Å². The fourth-order valence-electron chi connectivity index (χ4n) is 1.74. The number of nitrogens with zero attached hydrogens (tertiary/aromatic N) is 1. The van der Waals surface area contributed by atoms with Gasteiger partial charge in [0.1, 0.15) is 5.56 Å². The van der Waals surface area contributed by atoms with Crippen molar-refractivity contribution < 1.29 is 18.3 Å². The lowest BCUT2D eigenvalue weighted by atomic mass is 10.2. The number of nitrogens with one attached hydrogen (secondary N) is 2. The van der Waals surface area contributed by atoms with E-state index in [1.54, 1.807) is 11.8 Å². The first-order valence-corrected chi connectivity index (χ1v) is 8.01. The summed E-state index contributed by atoms with van der Waals surface area (Å²) in [5.74, 6) is 0.417. The molecule has 0 bridgehead atoms. The molecular formula is C9H13N3O4S2. The predicted molar refractivity (Wildman–Crippen MR) is 66.2 cm³/mol. The summed E-state index contributed by atoms with van der Waals surface area (Å²) in [4.78, 5) is 10.9. The maximum atomic E-state index is 12.0. The van der Waals surface area contributed by atoms with Crippen LogP contribution < -0.4 is 4.72 Å². The molecule has 1 aromatic rings. The fraction of sp³-hybridized carbons (Fsp3) is 0.556. The summed E-state index contributed by atoms with van der Waals surface area (Å²) in [6.45, 7) is 0. The molecule has 7 nitrogen and oxygen atoms in total. The number of hydrogen-bond donors (Lipinski definition) is 3. The molecule has 1 unspecified atom stereocenters. The molecule has 0 aromatic carbocycles. The quantitative estimate of drug-likeness (QED) is 0.734. The van der Waals surface area contributed by atoms with Gasteiger partial charge in [0, 0.05) is 11.8 Å². The summed E-state index contributed by atoms with van der Waals surface area (Å²) in [5.41, 5.74) is -0.342. The van der Waals surface area contributed by atoms with Crippen LogP contribution >= 0.6 is 11.8 Å². The molecule has 1 saturated heterocycles. The number of aromatic amines is 1. The Morgan fingerprint density at radius 1 is 1.61 bits per heavy atom. The van der Waals surface area contributed by atoms with Crippen molar-refractivity contribution in [1.29, 1.82) is 0 Å². The SMILES string of the molecule is O=C(O)c1cn[nH]c1S(=O)(=O)NC1CCCSC1. The van der Waals surface area contributed by atoms with Crippen LogP contribution in [0.5, 0.6) is 0 Å². The van der Waals surface area contributed by atoms with Crippen molar-refractivity contribution in [2.75, 3.05) is 11.5 Å². The van der Waals surface area contributed by atoms with Crippen LogP contribution in [0.1, 0.15) is 23.2 Å². The minimum Gasteiger partial charge on any atom is -0.478 e. The van der Waals surface area contributed by atoms with Crippen molar-refractivity contribution in [2.24, 2.45) is 0 Å². The molecule has 1 atom stereocenters. The first kappa shape index (κ1) is 13.4. The van der Waals surface area contributed by atoms with Gasteiger partial charge in [-0.15, -0.1) is 0 Å². The number of hydrogen-bond acceptors (Lipinski definition) is 5. The smallest absolute Gasteiger partial charge is 0.340 e. The molecule has 2 rings (SSSR count). The van der Waals surface area contributed by atoms with E-state index < -0.39 is 16.0 Å².